The Balaban J connectivity index is 2.51. The quantitative estimate of drug-likeness (QED) is 0.147. The third-order valence-corrected chi connectivity index (χ3v) is 7.38. The predicted molar refractivity (Wildman–Crippen MR) is 186 cm³/mol. The van der Waals surface area contributed by atoms with Crippen molar-refractivity contribution >= 4 is 23.9 Å². The second-order valence-corrected chi connectivity index (χ2v) is 14.3. The number of rotatable bonds is 16. The van der Waals surface area contributed by atoms with Crippen molar-refractivity contribution < 1.29 is 28.7 Å². The van der Waals surface area contributed by atoms with Crippen molar-refractivity contribution in [3.8, 4) is 0 Å². The molecule has 2 N–H and O–H groups in total. The van der Waals surface area contributed by atoms with Gasteiger partial charge < -0.3 is 25.0 Å². The molecule has 3 unspecified atom stereocenters. The van der Waals surface area contributed by atoms with Crippen LogP contribution in [0.1, 0.15) is 117 Å². The van der Waals surface area contributed by atoms with E-state index in [1.807, 2.05) is 61.5 Å². The Hall–Kier alpha value is -3.88. The van der Waals surface area contributed by atoms with E-state index in [1.54, 1.807) is 48.5 Å². The largest absolute Gasteiger partial charge is 0.458 e. The maximum Gasteiger partial charge on any atom is 0.408 e. The van der Waals surface area contributed by atoms with Gasteiger partial charge in [-0.25, -0.2) is 9.59 Å². The van der Waals surface area contributed by atoms with Crippen molar-refractivity contribution in [1.82, 2.24) is 15.5 Å². The molecule has 9 heteroatoms. The molecule has 0 aliphatic heterocycles. The van der Waals surface area contributed by atoms with Gasteiger partial charge in [0.2, 0.25) is 11.8 Å². The minimum Gasteiger partial charge on any atom is -0.458 e. The number of nitrogens with one attached hydrogen (secondary N) is 2. The van der Waals surface area contributed by atoms with Crippen LogP contribution in [0.2, 0.25) is 0 Å². The fraction of sp³-hybridized carbons (Fsp3) is 0.579. The van der Waals surface area contributed by atoms with Crippen molar-refractivity contribution in [3.63, 3.8) is 0 Å². The van der Waals surface area contributed by atoms with Crippen LogP contribution < -0.4 is 10.6 Å². The number of carbonyl (C=O) groups is 4. The van der Waals surface area contributed by atoms with Gasteiger partial charge in [-0.3, -0.25) is 9.59 Å². The van der Waals surface area contributed by atoms with Gasteiger partial charge in [0, 0.05) is 13.0 Å². The molecule has 0 saturated heterocycles. The molecule has 0 heterocycles. The molecule has 0 spiro atoms. The average molecular weight is 652 g/mol. The second kappa shape index (κ2) is 18.5. The monoisotopic (exact) mass is 651 g/mol. The highest BCUT2D eigenvalue weighted by molar-refractivity contribution is 5.93. The van der Waals surface area contributed by atoms with Crippen molar-refractivity contribution in [2.45, 2.75) is 137 Å². The summed E-state index contributed by atoms with van der Waals surface area (Å²) in [6.07, 6.45) is 5.42. The zero-order chi connectivity index (χ0) is 35.2. The van der Waals surface area contributed by atoms with Crippen molar-refractivity contribution in [1.29, 1.82) is 0 Å². The lowest BCUT2D eigenvalue weighted by Crippen LogP contribution is -2.54. The first kappa shape index (κ1) is 39.3. The lowest BCUT2D eigenvalue weighted by molar-refractivity contribution is -0.159. The van der Waals surface area contributed by atoms with Gasteiger partial charge in [-0.1, -0.05) is 99.2 Å². The van der Waals surface area contributed by atoms with Gasteiger partial charge in [-0.05, 0) is 72.9 Å². The topological polar surface area (TPSA) is 114 Å². The number of ether oxygens (including phenoxy) is 2. The molecular formula is C38H57N3O6. The predicted octanol–water partition coefficient (Wildman–Crippen LogP) is 7.21. The van der Waals surface area contributed by atoms with Gasteiger partial charge in [0.15, 0.2) is 0 Å². The Kier molecular flexibility index (Phi) is 15.4. The molecule has 0 saturated carbocycles. The zero-order valence-electron chi connectivity index (χ0n) is 30.0. The summed E-state index contributed by atoms with van der Waals surface area (Å²) in [7, 11) is 0. The number of amides is 3. The SMILES string of the molecule is CCCCCCCCN(C(=O)C(C)NC(=O)OC(C)(C)C)C(C(=O)NC(Cc1ccccc1)C(=O)OC(C)(C)C)c1ccc(C)cc1. The van der Waals surface area contributed by atoms with E-state index in [9.17, 15) is 19.2 Å². The second-order valence-electron chi connectivity index (χ2n) is 14.3. The lowest BCUT2D eigenvalue weighted by Gasteiger charge is -2.35. The standard InChI is InChI=1S/C38H57N3O6/c1-10-11-12-13-14-18-25-41(34(43)28(3)39-36(45)47-38(7,8)9)32(30-23-21-27(2)22-24-30)33(42)40-31(35(44)46-37(4,5)6)26-29-19-16-15-17-20-29/h15-17,19-24,28,31-32H,10-14,18,25-26H2,1-9H3,(H,39,45)(H,40,42). The Labute approximate surface area is 282 Å². The third kappa shape index (κ3) is 14.6. The molecule has 9 nitrogen and oxygen atoms in total. The third-order valence-electron chi connectivity index (χ3n) is 7.38. The summed E-state index contributed by atoms with van der Waals surface area (Å²) >= 11 is 0. The molecule has 260 valence electrons. The summed E-state index contributed by atoms with van der Waals surface area (Å²) in [5, 5.41) is 5.59. The van der Waals surface area contributed by atoms with Crippen molar-refractivity contribution in [3.05, 3.63) is 71.3 Å². The number of hydrogen-bond donors (Lipinski definition) is 2. The Morgan fingerprint density at radius 3 is 1.91 bits per heavy atom. The molecule has 0 aliphatic carbocycles. The van der Waals surface area contributed by atoms with Crippen molar-refractivity contribution in [2.24, 2.45) is 0 Å². The van der Waals surface area contributed by atoms with Crippen LogP contribution in [0.25, 0.3) is 0 Å². The number of carbonyl (C=O) groups excluding carboxylic acids is 4. The van der Waals surface area contributed by atoms with Gasteiger partial charge in [0.05, 0.1) is 0 Å². The van der Waals surface area contributed by atoms with Crippen molar-refractivity contribution in [2.75, 3.05) is 6.54 Å². The van der Waals surface area contributed by atoms with E-state index in [4.69, 9.17) is 9.47 Å². The molecule has 47 heavy (non-hydrogen) atoms. The van der Waals surface area contributed by atoms with Crippen LogP contribution in [-0.4, -0.2) is 58.6 Å². The van der Waals surface area contributed by atoms with E-state index in [2.05, 4.69) is 17.6 Å². The lowest BCUT2D eigenvalue weighted by atomic mass is 9.99. The fourth-order valence-corrected chi connectivity index (χ4v) is 5.11. The number of alkyl carbamates (subject to hydrolysis) is 1. The number of unbranched alkanes of at least 4 members (excludes halogenated alkanes) is 5. The molecule has 0 radical (unpaired) electrons. The van der Waals surface area contributed by atoms with Crippen LogP contribution >= 0.6 is 0 Å². The van der Waals surface area contributed by atoms with E-state index < -0.39 is 53.2 Å². The Morgan fingerprint density at radius 1 is 0.766 bits per heavy atom. The molecule has 0 aromatic heterocycles. The van der Waals surface area contributed by atoms with Crippen LogP contribution in [0.3, 0.4) is 0 Å². The summed E-state index contributed by atoms with van der Waals surface area (Å²) in [6, 6.07) is 13.8. The normalized spacial score (nSPS) is 13.6. The fourth-order valence-electron chi connectivity index (χ4n) is 5.11. The minimum absolute atomic E-state index is 0.212. The van der Waals surface area contributed by atoms with Crippen LogP contribution in [0.5, 0.6) is 0 Å². The summed E-state index contributed by atoms with van der Waals surface area (Å²) < 4.78 is 11.1. The van der Waals surface area contributed by atoms with Crippen LogP contribution in [0, 0.1) is 6.92 Å². The van der Waals surface area contributed by atoms with E-state index in [1.165, 1.54) is 4.90 Å². The van der Waals surface area contributed by atoms with Gasteiger partial charge in [0.25, 0.3) is 0 Å². The first-order valence-corrected chi connectivity index (χ1v) is 16.9. The van der Waals surface area contributed by atoms with Crippen LogP contribution in [-0.2, 0) is 30.3 Å². The highest BCUT2D eigenvalue weighted by atomic mass is 16.6. The van der Waals surface area contributed by atoms with Gasteiger partial charge in [0.1, 0.15) is 29.3 Å². The molecule has 2 rings (SSSR count). The van der Waals surface area contributed by atoms with E-state index in [0.717, 1.165) is 43.2 Å². The van der Waals surface area contributed by atoms with Crippen LogP contribution in [0.15, 0.2) is 54.6 Å². The molecular weight excluding hydrogens is 594 g/mol. The minimum atomic E-state index is -1.07. The van der Waals surface area contributed by atoms with E-state index >= 15 is 0 Å². The molecule has 0 bridgehead atoms. The Bertz CT molecular complexity index is 1280. The molecule has 0 aliphatic rings. The highest BCUT2D eigenvalue weighted by Gasteiger charge is 2.37. The van der Waals surface area contributed by atoms with Gasteiger partial charge in [-0.2, -0.15) is 0 Å². The first-order valence-electron chi connectivity index (χ1n) is 16.9. The molecule has 3 atom stereocenters. The number of benzene rings is 2. The van der Waals surface area contributed by atoms with Gasteiger partial charge >= 0.3 is 12.1 Å². The Morgan fingerprint density at radius 2 is 1.34 bits per heavy atom. The van der Waals surface area contributed by atoms with Crippen LogP contribution in [0.4, 0.5) is 4.79 Å². The average Bonchev–Trinajstić information content (AvgIpc) is 2.97. The van der Waals surface area contributed by atoms with E-state index in [0.29, 0.717) is 12.0 Å². The summed E-state index contributed by atoms with van der Waals surface area (Å²) in [5.74, 6) is -1.50. The molecule has 3 amide bonds. The maximum absolute atomic E-state index is 14.4. The summed E-state index contributed by atoms with van der Waals surface area (Å²) in [5.41, 5.74) is 0.933. The number of nitrogens with zero attached hydrogens (tertiary/aromatic N) is 1. The number of esters is 1. The zero-order valence-corrected chi connectivity index (χ0v) is 30.0. The molecule has 0 fully saturated rings. The summed E-state index contributed by atoms with van der Waals surface area (Å²) in [4.78, 5) is 56.2. The summed E-state index contributed by atoms with van der Waals surface area (Å²) in [6.45, 7) is 16.6. The molecule has 2 aromatic rings. The first-order chi connectivity index (χ1) is 22.0. The van der Waals surface area contributed by atoms with Gasteiger partial charge in [-0.15, -0.1) is 0 Å². The van der Waals surface area contributed by atoms with E-state index in [-0.39, 0.29) is 13.0 Å². The number of hydrogen-bond acceptors (Lipinski definition) is 6. The smallest absolute Gasteiger partial charge is 0.408 e. The number of aryl methyl sites for hydroxylation is 1. The maximum atomic E-state index is 14.4. The highest BCUT2D eigenvalue weighted by Crippen LogP contribution is 2.25. The molecule has 2 aromatic carbocycles.